The molecule has 4 N–H and O–H groups in total. The van der Waals surface area contributed by atoms with Gasteiger partial charge in [0.2, 0.25) is 10.0 Å². The molecule has 1 rings (SSSR count). The summed E-state index contributed by atoms with van der Waals surface area (Å²) < 4.78 is 21.8. The first-order chi connectivity index (χ1) is 7.04. The van der Waals surface area contributed by atoms with Gasteiger partial charge in [-0.15, -0.1) is 0 Å². The Labute approximate surface area is 88.9 Å². The summed E-state index contributed by atoms with van der Waals surface area (Å²) in [5.74, 6) is 0.623. The number of anilines is 1. The van der Waals surface area contributed by atoms with Crippen molar-refractivity contribution in [2.75, 3.05) is 25.5 Å². The first-order valence-electron chi connectivity index (χ1n) is 4.41. The minimum absolute atomic E-state index is 0.0154. The van der Waals surface area contributed by atoms with E-state index < -0.39 is 10.0 Å². The highest BCUT2D eigenvalue weighted by atomic mass is 32.2. The standard InChI is InChI=1S/C8H14N4O2S/c1-10-4-5-11-8-3-2-7(6-12-8)15(9,13)14/h2-3,6,10H,4-5H2,1H3,(H,11,12)(H2,9,13,14). The molecule has 0 radical (unpaired) electrons. The number of nitrogens with one attached hydrogen (secondary N) is 2. The lowest BCUT2D eigenvalue weighted by Crippen LogP contribution is -2.18. The zero-order chi connectivity index (χ0) is 11.3. The first-order valence-corrected chi connectivity index (χ1v) is 5.96. The molecule has 0 aliphatic heterocycles. The van der Waals surface area contributed by atoms with Gasteiger partial charge in [-0.2, -0.15) is 0 Å². The number of nitrogens with zero attached hydrogens (tertiary/aromatic N) is 1. The number of likely N-dealkylation sites (N-methyl/N-ethyl adjacent to an activating group) is 1. The zero-order valence-corrected chi connectivity index (χ0v) is 9.21. The van der Waals surface area contributed by atoms with Crippen LogP contribution < -0.4 is 15.8 Å². The van der Waals surface area contributed by atoms with Crippen LogP contribution in [-0.2, 0) is 10.0 Å². The maximum absolute atomic E-state index is 10.9. The maximum atomic E-state index is 10.9. The minimum Gasteiger partial charge on any atom is -0.369 e. The molecule has 0 bridgehead atoms. The number of nitrogens with two attached hydrogens (primary N) is 1. The van der Waals surface area contributed by atoms with Gasteiger partial charge in [0.05, 0.1) is 0 Å². The smallest absolute Gasteiger partial charge is 0.239 e. The lowest BCUT2D eigenvalue weighted by Gasteiger charge is -2.05. The molecule has 6 nitrogen and oxygen atoms in total. The van der Waals surface area contributed by atoms with Gasteiger partial charge in [-0.05, 0) is 19.2 Å². The van der Waals surface area contributed by atoms with Crippen molar-refractivity contribution in [2.45, 2.75) is 4.90 Å². The Morgan fingerprint density at radius 1 is 1.40 bits per heavy atom. The second-order valence-corrected chi connectivity index (χ2v) is 4.52. The van der Waals surface area contributed by atoms with Gasteiger partial charge in [0.15, 0.2) is 0 Å². The Morgan fingerprint density at radius 2 is 2.13 bits per heavy atom. The Balaban J connectivity index is 2.65. The Kier molecular flexibility index (Phi) is 4.01. The molecule has 0 fully saturated rings. The number of rotatable bonds is 5. The molecule has 0 amide bonds. The van der Waals surface area contributed by atoms with Crippen LogP contribution in [-0.4, -0.2) is 33.5 Å². The number of hydrogen-bond acceptors (Lipinski definition) is 5. The summed E-state index contributed by atoms with van der Waals surface area (Å²) in [6, 6.07) is 3.00. The third-order valence-electron chi connectivity index (χ3n) is 1.75. The van der Waals surface area contributed by atoms with Crippen molar-refractivity contribution in [3.05, 3.63) is 18.3 Å². The predicted molar refractivity (Wildman–Crippen MR) is 58.0 cm³/mol. The molecule has 1 heterocycles. The number of sulfonamides is 1. The Bertz CT molecular complexity index is 401. The topological polar surface area (TPSA) is 97.1 Å². The summed E-state index contributed by atoms with van der Waals surface area (Å²) in [5, 5.41) is 10.9. The van der Waals surface area contributed by atoms with E-state index in [1.807, 2.05) is 7.05 Å². The van der Waals surface area contributed by atoms with Crippen LogP contribution in [0.15, 0.2) is 23.2 Å². The molecule has 15 heavy (non-hydrogen) atoms. The molecule has 0 aromatic carbocycles. The van der Waals surface area contributed by atoms with Crippen molar-refractivity contribution in [1.82, 2.24) is 10.3 Å². The fraction of sp³-hybridized carbons (Fsp3) is 0.375. The lowest BCUT2D eigenvalue weighted by molar-refractivity contribution is 0.597. The third-order valence-corrected chi connectivity index (χ3v) is 2.64. The number of pyridine rings is 1. The summed E-state index contributed by atoms with van der Waals surface area (Å²) in [6.07, 6.45) is 1.23. The molecule has 0 saturated heterocycles. The number of hydrogen-bond donors (Lipinski definition) is 3. The van der Waals surface area contributed by atoms with E-state index in [0.717, 1.165) is 13.1 Å². The molecule has 0 aliphatic carbocycles. The van der Waals surface area contributed by atoms with Crippen LogP contribution in [0.3, 0.4) is 0 Å². The molecule has 7 heteroatoms. The molecule has 0 aliphatic rings. The van der Waals surface area contributed by atoms with Crippen molar-refractivity contribution in [1.29, 1.82) is 0 Å². The summed E-state index contributed by atoms with van der Waals surface area (Å²) in [5.41, 5.74) is 0. The minimum atomic E-state index is -3.65. The number of primary sulfonamides is 1. The second-order valence-electron chi connectivity index (χ2n) is 2.95. The van der Waals surface area contributed by atoms with Crippen LogP contribution in [0, 0.1) is 0 Å². The van der Waals surface area contributed by atoms with Gasteiger partial charge in [0.1, 0.15) is 10.7 Å². The molecule has 0 atom stereocenters. The van der Waals surface area contributed by atoms with Gasteiger partial charge in [-0.1, -0.05) is 0 Å². The average molecular weight is 230 g/mol. The average Bonchev–Trinajstić information content (AvgIpc) is 2.18. The lowest BCUT2D eigenvalue weighted by atomic mass is 10.4. The van der Waals surface area contributed by atoms with E-state index in [2.05, 4.69) is 15.6 Å². The normalized spacial score (nSPS) is 11.3. The largest absolute Gasteiger partial charge is 0.369 e. The van der Waals surface area contributed by atoms with E-state index in [0.29, 0.717) is 5.82 Å². The highest BCUT2D eigenvalue weighted by Gasteiger charge is 2.07. The molecule has 84 valence electrons. The zero-order valence-electron chi connectivity index (χ0n) is 8.40. The molecule has 1 aromatic rings. The van der Waals surface area contributed by atoms with Crippen LogP contribution in [0.5, 0.6) is 0 Å². The van der Waals surface area contributed by atoms with Crippen LogP contribution >= 0.6 is 0 Å². The maximum Gasteiger partial charge on any atom is 0.239 e. The highest BCUT2D eigenvalue weighted by molar-refractivity contribution is 7.89. The van der Waals surface area contributed by atoms with Gasteiger partial charge < -0.3 is 10.6 Å². The van der Waals surface area contributed by atoms with Gasteiger partial charge in [0, 0.05) is 19.3 Å². The van der Waals surface area contributed by atoms with Crippen LogP contribution in [0.1, 0.15) is 0 Å². The summed E-state index contributed by atoms with van der Waals surface area (Å²) in [7, 11) is -1.80. The van der Waals surface area contributed by atoms with E-state index in [-0.39, 0.29) is 4.90 Å². The fourth-order valence-corrected chi connectivity index (χ4v) is 1.43. The highest BCUT2D eigenvalue weighted by Crippen LogP contribution is 2.08. The van der Waals surface area contributed by atoms with E-state index in [4.69, 9.17) is 5.14 Å². The predicted octanol–water partition coefficient (Wildman–Crippen LogP) is -0.640. The van der Waals surface area contributed by atoms with E-state index >= 15 is 0 Å². The van der Waals surface area contributed by atoms with E-state index in [1.54, 1.807) is 6.07 Å². The van der Waals surface area contributed by atoms with Crippen molar-refractivity contribution < 1.29 is 8.42 Å². The van der Waals surface area contributed by atoms with Gasteiger partial charge in [0.25, 0.3) is 0 Å². The molecule has 0 unspecified atom stereocenters. The molecule has 0 saturated carbocycles. The molecular weight excluding hydrogens is 216 g/mol. The van der Waals surface area contributed by atoms with Crippen molar-refractivity contribution in [3.63, 3.8) is 0 Å². The van der Waals surface area contributed by atoms with Crippen LogP contribution in [0.2, 0.25) is 0 Å². The summed E-state index contributed by atoms with van der Waals surface area (Å²) >= 11 is 0. The van der Waals surface area contributed by atoms with Crippen LogP contribution in [0.25, 0.3) is 0 Å². The van der Waals surface area contributed by atoms with Crippen molar-refractivity contribution in [3.8, 4) is 0 Å². The third kappa shape index (κ3) is 3.82. The summed E-state index contributed by atoms with van der Waals surface area (Å²) in [6.45, 7) is 1.52. The van der Waals surface area contributed by atoms with Crippen molar-refractivity contribution >= 4 is 15.8 Å². The van der Waals surface area contributed by atoms with Gasteiger partial charge in [-0.25, -0.2) is 18.5 Å². The van der Waals surface area contributed by atoms with Crippen LogP contribution in [0.4, 0.5) is 5.82 Å². The Hall–Kier alpha value is -1.18. The molecule has 1 aromatic heterocycles. The first kappa shape index (κ1) is 11.9. The van der Waals surface area contributed by atoms with Gasteiger partial charge in [-0.3, -0.25) is 0 Å². The molecule has 0 spiro atoms. The van der Waals surface area contributed by atoms with E-state index in [1.165, 1.54) is 12.3 Å². The summed E-state index contributed by atoms with van der Waals surface area (Å²) in [4.78, 5) is 3.93. The monoisotopic (exact) mass is 230 g/mol. The fourth-order valence-electron chi connectivity index (χ4n) is 0.969. The quantitative estimate of drug-likeness (QED) is 0.585. The SMILES string of the molecule is CNCCNc1ccc(S(N)(=O)=O)cn1. The van der Waals surface area contributed by atoms with E-state index in [9.17, 15) is 8.42 Å². The number of aromatic nitrogens is 1. The Morgan fingerprint density at radius 3 is 2.60 bits per heavy atom. The second kappa shape index (κ2) is 5.06. The van der Waals surface area contributed by atoms with Gasteiger partial charge >= 0.3 is 0 Å². The van der Waals surface area contributed by atoms with Crippen molar-refractivity contribution in [2.24, 2.45) is 5.14 Å². The molecular formula is C8H14N4O2S.